The van der Waals surface area contributed by atoms with Gasteiger partial charge in [0.1, 0.15) is 0 Å². The predicted molar refractivity (Wildman–Crippen MR) is 81.4 cm³/mol. The maximum Gasteiger partial charge on any atom is 0.0230 e. The van der Waals surface area contributed by atoms with Crippen molar-refractivity contribution in [3.63, 3.8) is 0 Å². The normalized spacial score (nSPS) is 9.29. The highest BCUT2D eigenvalue weighted by Gasteiger charge is 1.97. The van der Waals surface area contributed by atoms with E-state index in [9.17, 15) is 0 Å². The average Bonchev–Trinajstić information content (AvgIpc) is 2.34. The minimum absolute atomic E-state index is 0. The van der Waals surface area contributed by atoms with E-state index in [1.165, 1.54) is 11.1 Å². The van der Waals surface area contributed by atoms with Gasteiger partial charge >= 0.3 is 0 Å². The van der Waals surface area contributed by atoms with Crippen LogP contribution in [0.2, 0.25) is 0 Å². The molecule has 0 atom stereocenters. The lowest BCUT2D eigenvalue weighted by molar-refractivity contribution is 0.346. The van der Waals surface area contributed by atoms with E-state index in [0.717, 1.165) is 26.1 Å². The van der Waals surface area contributed by atoms with Gasteiger partial charge in [-0.25, -0.2) is 0 Å². The molecule has 1 aromatic carbocycles. The van der Waals surface area contributed by atoms with Crippen molar-refractivity contribution in [2.45, 2.75) is 41.2 Å². The number of hydrogen-bond acceptors (Lipinski definition) is 2. The van der Waals surface area contributed by atoms with E-state index in [1.807, 2.05) is 13.8 Å². The third-order valence-electron chi connectivity index (χ3n) is 2.45. The molecule has 17 heavy (non-hydrogen) atoms. The monoisotopic (exact) mass is 240 g/mol. The molecule has 0 saturated heterocycles. The molecule has 1 aromatic rings. The molecule has 0 fully saturated rings. The molecule has 0 saturated carbocycles. The van der Waals surface area contributed by atoms with Crippen LogP contribution < -0.4 is 5.73 Å². The van der Waals surface area contributed by atoms with Gasteiger partial charge in [-0.2, -0.15) is 0 Å². The number of benzene rings is 1. The lowest BCUT2D eigenvalue weighted by Crippen LogP contribution is -2.16. The van der Waals surface area contributed by atoms with Gasteiger partial charge in [-0.3, -0.25) is 0 Å². The summed E-state index contributed by atoms with van der Waals surface area (Å²) in [5.74, 6) is 0. The Bertz CT molecular complexity index is 260. The Hall–Kier alpha value is -0.860. The fourth-order valence-corrected chi connectivity index (χ4v) is 1.40. The third-order valence-corrected chi connectivity index (χ3v) is 2.45. The van der Waals surface area contributed by atoms with Crippen molar-refractivity contribution in [3.05, 3.63) is 35.4 Å². The van der Waals surface area contributed by atoms with Crippen molar-refractivity contribution in [1.82, 2.24) is 4.90 Å². The van der Waals surface area contributed by atoms with Gasteiger partial charge in [0.2, 0.25) is 0 Å². The van der Waals surface area contributed by atoms with Crippen LogP contribution in [0.4, 0.5) is 0 Å². The summed E-state index contributed by atoms with van der Waals surface area (Å²) in [4.78, 5) is 2.29. The Labute approximate surface area is 109 Å². The van der Waals surface area contributed by atoms with Crippen molar-refractivity contribution < 1.29 is 1.43 Å². The Morgan fingerprint density at radius 3 is 2.00 bits per heavy atom. The van der Waals surface area contributed by atoms with Gasteiger partial charge in [-0.1, -0.05) is 52.5 Å². The maximum absolute atomic E-state index is 5.49. The largest absolute Gasteiger partial charge is 0.330 e. The number of rotatable bonds is 5. The zero-order chi connectivity index (χ0) is 12.4. The molecule has 0 aliphatic carbocycles. The Kier molecular flexibility index (Phi) is 12.6. The Morgan fingerprint density at radius 2 is 1.59 bits per heavy atom. The van der Waals surface area contributed by atoms with Crippen molar-refractivity contribution in [2.24, 2.45) is 5.73 Å². The maximum atomic E-state index is 5.49. The quantitative estimate of drug-likeness (QED) is 0.853. The van der Waals surface area contributed by atoms with Gasteiger partial charge in [0.25, 0.3) is 0 Å². The van der Waals surface area contributed by atoms with Gasteiger partial charge in [0, 0.05) is 7.97 Å². The van der Waals surface area contributed by atoms with Crippen LogP contribution in [0.3, 0.4) is 0 Å². The predicted octanol–water partition coefficient (Wildman–Crippen LogP) is 3.55. The first-order valence-electron chi connectivity index (χ1n) is 6.22. The molecule has 0 unspecified atom stereocenters. The second kappa shape index (κ2) is 11.6. The summed E-state index contributed by atoms with van der Waals surface area (Å²) in [6.45, 7) is 9.01. The second-order valence-electron chi connectivity index (χ2n) is 3.69. The first-order valence-corrected chi connectivity index (χ1v) is 6.22. The van der Waals surface area contributed by atoms with Crippen LogP contribution in [0.15, 0.2) is 24.3 Å². The lowest BCUT2D eigenvalue weighted by Gasteiger charge is -2.13. The van der Waals surface area contributed by atoms with E-state index in [0.29, 0.717) is 0 Å². The summed E-state index contributed by atoms with van der Waals surface area (Å²) in [7, 11) is 2.13. The summed E-state index contributed by atoms with van der Waals surface area (Å²) in [5.41, 5.74) is 8.19. The first kappa shape index (κ1) is 18.5. The first-order chi connectivity index (χ1) is 7.76. The molecular weight excluding hydrogens is 208 g/mol. The van der Waals surface area contributed by atoms with Crippen molar-refractivity contribution >= 4 is 0 Å². The standard InChI is InChI=1S/C12H20N2.C2H6.CH4.H2/c1-3-14(2)10-12-6-4-11(5-7-12)8-9-13;1-2;;/h4-7H,3,8-10,13H2,1-2H3;1-2H3;1H4;1H. The van der Waals surface area contributed by atoms with Crippen molar-refractivity contribution in [2.75, 3.05) is 20.1 Å². The second-order valence-corrected chi connectivity index (χ2v) is 3.69. The molecule has 1 rings (SSSR count). The highest BCUT2D eigenvalue weighted by atomic mass is 15.1. The van der Waals surface area contributed by atoms with Crippen LogP contribution in [0.1, 0.15) is 40.8 Å². The number of nitrogens with two attached hydrogens (primary N) is 1. The average molecular weight is 240 g/mol. The summed E-state index contributed by atoms with van der Waals surface area (Å²) in [5, 5.41) is 0. The molecular formula is C15H32N2. The summed E-state index contributed by atoms with van der Waals surface area (Å²) in [6.07, 6.45) is 0.976. The molecule has 0 bridgehead atoms. The van der Waals surface area contributed by atoms with Gasteiger partial charge in [-0.05, 0) is 37.7 Å². The molecule has 0 heterocycles. The molecule has 0 aromatic heterocycles. The van der Waals surface area contributed by atoms with Gasteiger partial charge in [0.05, 0.1) is 0 Å². The summed E-state index contributed by atoms with van der Waals surface area (Å²) in [6, 6.07) is 8.73. The fraction of sp³-hybridized carbons (Fsp3) is 0.600. The topological polar surface area (TPSA) is 29.3 Å². The SMILES string of the molecule is C.CC.CCN(C)Cc1ccc(CCN)cc1.[HH]. The van der Waals surface area contributed by atoms with Gasteiger partial charge in [-0.15, -0.1) is 0 Å². The van der Waals surface area contributed by atoms with Crippen molar-refractivity contribution in [1.29, 1.82) is 0 Å². The van der Waals surface area contributed by atoms with Crippen LogP contribution in [0.5, 0.6) is 0 Å². The molecule has 0 aliphatic heterocycles. The number of nitrogens with zero attached hydrogens (tertiary/aromatic N) is 1. The van der Waals surface area contributed by atoms with Crippen LogP contribution in [-0.4, -0.2) is 25.0 Å². The van der Waals surface area contributed by atoms with E-state index < -0.39 is 0 Å². The van der Waals surface area contributed by atoms with Crippen LogP contribution >= 0.6 is 0 Å². The van der Waals surface area contributed by atoms with E-state index in [4.69, 9.17) is 5.73 Å². The molecule has 0 spiro atoms. The van der Waals surface area contributed by atoms with Crippen LogP contribution in [0, 0.1) is 0 Å². The molecule has 0 aliphatic rings. The van der Waals surface area contributed by atoms with Crippen LogP contribution in [-0.2, 0) is 13.0 Å². The zero-order valence-corrected chi connectivity index (χ0v) is 11.2. The summed E-state index contributed by atoms with van der Waals surface area (Å²) >= 11 is 0. The highest BCUT2D eigenvalue weighted by molar-refractivity contribution is 5.22. The van der Waals surface area contributed by atoms with E-state index in [2.05, 4.69) is 43.1 Å². The molecule has 2 heteroatoms. The van der Waals surface area contributed by atoms with E-state index in [-0.39, 0.29) is 8.85 Å². The Balaban J connectivity index is -0.000000534. The van der Waals surface area contributed by atoms with E-state index >= 15 is 0 Å². The molecule has 2 nitrogen and oxygen atoms in total. The molecule has 0 radical (unpaired) electrons. The number of hydrogen-bond donors (Lipinski definition) is 1. The van der Waals surface area contributed by atoms with Gasteiger partial charge < -0.3 is 10.6 Å². The molecule has 102 valence electrons. The Morgan fingerprint density at radius 1 is 1.12 bits per heavy atom. The molecule has 2 N–H and O–H groups in total. The molecule has 0 amide bonds. The summed E-state index contributed by atoms with van der Waals surface area (Å²) < 4.78 is 0. The fourth-order valence-electron chi connectivity index (χ4n) is 1.40. The smallest absolute Gasteiger partial charge is 0.0230 e. The zero-order valence-electron chi connectivity index (χ0n) is 11.2. The highest BCUT2D eigenvalue weighted by Crippen LogP contribution is 2.06. The lowest BCUT2D eigenvalue weighted by atomic mass is 10.1. The van der Waals surface area contributed by atoms with E-state index in [1.54, 1.807) is 0 Å². The van der Waals surface area contributed by atoms with Gasteiger partial charge in [0.15, 0.2) is 0 Å². The minimum atomic E-state index is 0. The minimum Gasteiger partial charge on any atom is -0.330 e. The van der Waals surface area contributed by atoms with Crippen LogP contribution in [0.25, 0.3) is 0 Å². The third kappa shape index (κ3) is 7.94. The van der Waals surface area contributed by atoms with Crippen molar-refractivity contribution in [3.8, 4) is 0 Å².